The van der Waals surface area contributed by atoms with Gasteiger partial charge in [-0.15, -0.1) is 0 Å². The number of nitrogens with zero attached hydrogens (tertiary/aromatic N) is 2. The standard InChI is InChI=1S/C29H14Cl4N2O4/c30-22-10-18-19(11-23(22)31)27(37)34(26(18)36)16-5-1-14(2-6-16)9-15-3-7-17(8-4-15)35-28(38)20-12-24(32)25(33)13-21(20)29(35)39/h1-8,10-13H,9H2. The molecule has 0 fully saturated rings. The molecule has 0 bridgehead atoms. The van der Waals surface area contributed by atoms with Gasteiger partial charge in [-0.1, -0.05) is 70.7 Å². The summed E-state index contributed by atoms with van der Waals surface area (Å²) in [6.45, 7) is 0. The molecule has 4 amide bonds. The Morgan fingerprint density at radius 2 is 0.692 bits per heavy atom. The third-order valence-corrected chi connectivity index (χ3v) is 8.10. The van der Waals surface area contributed by atoms with E-state index in [1.54, 1.807) is 24.3 Å². The Morgan fingerprint density at radius 1 is 0.436 bits per heavy atom. The molecule has 2 aliphatic heterocycles. The maximum Gasteiger partial charge on any atom is 0.266 e. The molecule has 4 aromatic carbocycles. The monoisotopic (exact) mass is 594 g/mol. The zero-order valence-electron chi connectivity index (χ0n) is 19.7. The van der Waals surface area contributed by atoms with E-state index in [0.29, 0.717) is 17.8 Å². The maximum atomic E-state index is 12.9. The molecule has 39 heavy (non-hydrogen) atoms. The van der Waals surface area contributed by atoms with Gasteiger partial charge in [-0.2, -0.15) is 0 Å². The van der Waals surface area contributed by atoms with Crippen molar-refractivity contribution < 1.29 is 19.2 Å². The highest BCUT2D eigenvalue weighted by atomic mass is 35.5. The van der Waals surface area contributed by atoms with Crippen LogP contribution < -0.4 is 9.80 Å². The number of hydrogen-bond acceptors (Lipinski definition) is 4. The van der Waals surface area contributed by atoms with Crippen molar-refractivity contribution in [3.05, 3.63) is 126 Å². The molecule has 0 aromatic heterocycles. The van der Waals surface area contributed by atoms with Gasteiger partial charge < -0.3 is 0 Å². The predicted octanol–water partition coefficient (Wildman–Crippen LogP) is 7.49. The minimum atomic E-state index is -0.463. The van der Waals surface area contributed by atoms with Crippen molar-refractivity contribution >= 4 is 81.4 Å². The molecule has 4 aromatic rings. The fourth-order valence-corrected chi connectivity index (χ4v) is 5.35. The molecule has 0 saturated carbocycles. The molecule has 2 aliphatic rings. The molecule has 6 nitrogen and oxygen atoms in total. The number of fused-ring (bicyclic) bond motifs is 2. The normalized spacial score (nSPS) is 14.4. The molecule has 6 rings (SSSR count). The molecule has 0 aliphatic carbocycles. The Morgan fingerprint density at radius 3 is 0.949 bits per heavy atom. The van der Waals surface area contributed by atoms with Gasteiger partial charge in [-0.3, -0.25) is 19.2 Å². The first-order chi connectivity index (χ1) is 18.6. The average Bonchev–Trinajstić information content (AvgIpc) is 3.29. The SMILES string of the molecule is O=C1c2cc(Cl)c(Cl)cc2C(=O)N1c1ccc(Cc2ccc(N3C(=O)c4cc(Cl)c(Cl)cc4C3=O)cc2)cc1. The zero-order chi connectivity index (χ0) is 27.6. The molecule has 10 heteroatoms. The van der Waals surface area contributed by atoms with Gasteiger partial charge in [0.25, 0.3) is 23.6 Å². The fourth-order valence-electron chi connectivity index (χ4n) is 4.70. The lowest BCUT2D eigenvalue weighted by atomic mass is 10.0. The fraction of sp³-hybridized carbons (Fsp3) is 0.0345. The first kappa shape index (κ1) is 25.6. The van der Waals surface area contributed by atoms with Crippen molar-refractivity contribution in [2.75, 3.05) is 9.80 Å². The van der Waals surface area contributed by atoms with Crippen LogP contribution in [0.5, 0.6) is 0 Å². The molecule has 0 N–H and O–H groups in total. The van der Waals surface area contributed by atoms with Crippen LogP contribution >= 0.6 is 46.4 Å². The summed E-state index contributed by atoms with van der Waals surface area (Å²) in [6, 6.07) is 19.7. The molecule has 0 radical (unpaired) electrons. The Labute approximate surface area is 242 Å². The van der Waals surface area contributed by atoms with Crippen LogP contribution in [0.2, 0.25) is 20.1 Å². The van der Waals surface area contributed by atoms with Crippen LogP contribution in [-0.4, -0.2) is 23.6 Å². The second-order valence-corrected chi connectivity index (χ2v) is 10.7. The first-order valence-corrected chi connectivity index (χ1v) is 13.1. The number of benzene rings is 4. The highest BCUT2D eigenvalue weighted by Gasteiger charge is 2.38. The smallest absolute Gasteiger partial charge is 0.266 e. The highest BCUT2D eigenvalue weighted by Crippen LogP contribution is 2.36. The van der Waals surface area contributed by atoms with Crippen LogP contribution in [0, 0.1) is 0 Å². The van der Waals surface area contributed by atoms with Gasteiger partial charge in [-0.25, -0.2) is 9.80 Å². The summed E-state index contributed by atoms with van der Waals surface area (Å²) in [5.74, 6) is -1.85. The molecule has 0 atom stereocenters. The molecular weight excluding hydrogens is 582 g/mol. The quantitative estimate of drug-likeness (QED) is 0.229. The van der Waals surface area contributed by atoms with E-state index in [2.05, 4.69) is 0 Å². The van der Waals surface area contributed by atoms with Crippen molar-refractivity contribution in [3.8, 4) is 0 Å². The van der Waals surface area contributed by atoms with E-state index in [4.69, 9.17) is 46.4 Å². The van der Waals surface area contributed by atoms with Gasteiger partial charge in [0.05, 0.1) is 53.7 Å². The van der Waals surface area contributed by atoms with Crippen molar-refractivity contribution in [1.29, 1.82) is 0 Å². The van der Waals surface area contributed by atoms with Crippen molar-refractivity contribution in [3.63, 3.8) is 0 Å². The summed E-state index contributed by atoms with van der Waals surface area (Å²) in [5.41, 5.74) is 3.56. The molecule has 0 saturated heterocycles. The summed E-state index contributed by atoms with van der Waals surface area (Å²) >= 11 is 24.1. The zero-order valence-corrected chi connectivity index (χ0v) is 22.7. The summed E-state index contributed by atoms with van der Waals surface area (Å²) in [5, 5.41) is 0.821. The lowest BCUT2D eigenvalue weighted by Crippen LogP contribution is -2.29. The Bertz CT molecular complexity index is 1540. The van der Waals surface area contributed by atoms with Crippen LogP contribution in [-0.2, 0) is 6.42 Å². The third kappa shape index (κ3) is 4.21. The van der Waals surface area contributed by atoms with Crippen LogP contribution in [0.25, 0.3) is 0 Å². The van der Waals surface area contributed by atoms with Crippen LogP contribution in [0.4, 0.5) is 11.4 Å². The lowest BCUT2D eigenvalue weighted by molar-refractivity contribution is 0.0910. The van der Waals surface area contributed by atoms with E-state index < -0.39 is 23.6 Å². The average molecular weight is 596 g/mol. The lowest BCUT2D eigenvalue weighted by Gasteiger charge is -2.15. The van der Waals surface area contributed by atoms with Gasteiger partial charge in [-0.05, 0) is 66.1 Å². The number of imide groups is 2. The molecule has 0 unspecified atom stereocenters. The van der Waals surface area contributed by atoms with Crippen LogP contribution in [0.3, 0.4) is 0 Å². The van der Waals surface area contributed by atoms with E-state index in [1.165, 1.54) is 24.3 Å². The largest absolute Gasteiger partial charge is 0.268 e. The highest BCUT2D eigenvalue weighted by molar-refractivity contribution is 6.45. The molecule has 2 heterocycles. The maximum absolute atomic E-state index is 12.9. The summed E-state index contributed by atoms with van der Waals surface area (Å²) in [7, 11) is 0. The number of carbonyl (C=O) groups excluding carboxylic acids is 4. The minimum absolute atomic E-state index is 0.205. The van der Waals surface area contributed by atoms with E-state index in [1.807, 2.05) is 24.3 Å². The molecule has 192 valence electrons. The number of rotatable bonds is 4. The van der Waals surface area contributed by atoms with Gasteiger partial charge in [0, 0.05) is 0 Å². The van der Waals surface area contributed by atoms with Gasteiger partial charge >= 0.3 is 0 Å². The number of carbonyl (C=O) groups is 4. The predicted molar refractivity (Wildman–Crippen MR) is 151 cm³/mol. The minimum Gasteiger partial charge on any atom is -0.268 e. The number of anilines is 2. The van der Waals surface area contributed by atoms with Gasteiger partial charge in [0.15, 0.2) is 0 Å². The van der Waals surface area contributed by atoms with Crippen molar-refractivity contribution in [2.45, 2.75) is 6.42 Å². The van der Waals surface area contributed by atoms with Crippen molar-refractivity contribution in [2.24, 2.45) is 0 Å². The number of amides is 4. The van der Waals surface area contributed by atoms with E-state index in [9.17, 15) is 19.2 Å². The number of halogens is 4. The third-order valence-electron chi connectivity index (χ3n) is 6.65. The van der Waals surface area contributed by atoms with E-state index >= 15 is 0 Å². The summed E-state index contributed by atoms with van der Waals surface area (Å²) in [4.78, 5) is 53.7. The molecule has 0 spiro atoms. The van der Waals surface area contributed by atoms with Gasteiger partial charge in [0.1, 0.15) is 0 Å². The second-order valence-electron chi connectivity index (χ2n) is 9.02. The van der Waals surface area contributed by atoms with Crippen molar-refractivity contribution in [1.82, 2.24) is 0 Å². The summed E-state index contributed by atoms with van der Waals surface area (Å²) in [6.07, 6.45) is 0.543. The van der Waals surface area contributed by atoms with Crippen LogP contribution in [0.1, 0.15) is 52.6 Å². The Balaban J connectivity index is 1.18. The number of hydrogen-bond donors (Lipinski definition) is 0. The Kier molecular flexibility index (Phi) is 6.24. The van der Waals surface area contributed by atoms with E-state index in [-0.39, 0.29) is 42.3 Å². The molecular formula is C29H14Cl4N2O4. The second kappa shape index (κ2) is 9.50. The topological polar surface area (TPSA) is 74.8 Å². The Hall–Kier alpha value is -3.68. The van der Waals surface area contributed by atoms with Gasteiger partial charge in [0.2, 0.25) is 0 Å². The van der Waals surface area contributed by atoms with Crippen LogP contribution in [0.15, 0.2) is 72.8 Å². The summed E-state index contributed by atoms with van der Waals surface area (Å²) < 4.78 is 0. The van der Waals surface area contributed by atoms with E-state index in [0.717, 1.165) is 20.9 Å². The first-order valence-electron chi connectivity index (χ1n) is 11.6.